The molecule has 2 heterocycles. The third kappa shape index (κ3) is 3.69. The molecule has 4 heteroatoms. The van der Waals surface area contributed by atoms with Gasteiger partial charge in [-0.05, 0) is 25.0 Å². The zero-order chi connectivity index (χ0) is 13.9. The second-order valence-corrected chi connectivity index (χ2v) is 6.07. The van der Waals surface area contributed by atoms with Crippen LogP contribution in [0.4, 0.5) is 0 Å². The van der Waals surface area contributed by atoms with Gasteiger partial charge in [0.1, 0.15) is 11.9 Å². The van der Waals surface area contributed by atoms with Gasteiger partial charge in [-0.2, -0.15) is 0 Å². The highest BCUT2D eigenvalue weighted by atomic mass is 16.5. The summed E-state index contributed by atoms with van der Waals surface area (Å²) in [5, 5.41) is 0. The van der Waals surface area contributed by atoms with E-state index in [0.29, 0.717) is 6.54 Å². The Kier molecular flexibility index (Phi) is 4.08. The Morgan fingerprint density at radius 1 is 1.37 bits per heavy atom. The molecule has 1 aliphatic heterocycles. The summed E-state index contributed by atoms with van der Waals surface area (Å²) in [4.78, 5) is 18.2. The van der Waals surface area contributed by atoms with Crippen molar-refractivity contribution in [2.24, 2.45) is 5.41 Å². The minimum absolute atomic E-state index is 0.0856. The van der Waals surface area contributed by atoms with Crippen molar-refractivity contribution in [2.45, 2.75) is 39.7 Å². The zero-order valence-corrected chi connectivity index (χ0v) is 11.9. The predicted octanol–water partition coefficient (Wildman–Crippen LogP) is 2.50. The number of aromatic nitrogens is 1. The van der Waals surface area contributed by atoms with Crippen LogP contribution in [-0.2, 0) is 4.79 Å². The lowest BCUT2D eigenvalue weighted by molar-refractivity contribution is -0.142. The van der Waals surface area contributed by atoms with Crippen molar-refractivity contribution in [2.75, 3.05) is 13.1 Å². The van der Waals surface area contributed by atoms with E-state index in [1.165, 1.54) is 0 Å². The van der Waals surface area contributed by atoms with Crippen LogP contribution in [0.2, 0.25) is 0 Å². The van der Waals surface area contributed by atoms with Crippen LogP contribution in [0, 0.1) is 5.41 Å². The molecule has 1 aromatic heterocycles. The quantitative estimate of drug-likeness (QED) is 0.822. The highest BCUT2D eigenvalue weighted by Crippen LogP contribution is 2.23. The molecule has 0 bridgehead atoms. The summed E-state index contributed by atoms with van der Waals surface area (Å²) in [6, 6.07) is 3.70. The number of hydrogen-bond donors (Lipinski definition) is 0. The molecule has 1 aromatic rings. The van der Waals surface area contributed by atoms with Crippen molar-refractivity contribution in [1.29, 1.82) is 0 Å². The number of amides is 1. The van der Waals surface area contributed by atoms with Crippen molar-refractivity contribution in [3.63, 3.8) is 0 Å². The van der Waals surface area contributed by atoms with E-state index in [4.69, 9.17) is 4.74 Å². The third-order valence-electron chi connectivity index (χ3n) is 3.26. The largest absolute Gasteiger partial charge is 0.488 e. The minimum Gasteiger partial charge on any atom is -0.488 e. The summed E-state index contributed by atoms with van der Waals surface area (Å²) in [5.41, 5.74) is -0.321. The molecular formula is C15H22N2O2. The molecule has 0 spiro atoms. The lowest BCUT2D eigenvalue weighted by Gasteiger charge is -2.36. The van der Waals surface area contributed by atoms with E-state index >= 15 is 0 Å². The van der Waals surface area contributed by atoms with Crippen LogP contribution in [0.15, 0.2) is 24.5 Å². The molecule has 19 heavy (non-hydrogen) atoms. The first-order valence-electron chi connectivity index (χ1n) is 6.83. The van der Waals surface area contributed by atoms with Crippen LogP contribution in [-0.4, -0.2) is 35.0 Å². The van der Waals surface area contributed by atoms with E-state index in [1.807, 2.05) is 37.8 Å². The molecule has 0 aliphatic carbocycles. The number of rotatable bonds is 2. The fourth-order valence-electron chi connectivity index (χ4n) is 2.30. The summed E-state index contributed by atoms with van der Waals surface area (Å²) in [6.07, 6.45) is 5.52. The van der Waals surface area contributed by atoms with E-state index < -0.39 is 0 Å². The maximum absolute atomic E-state index is 12.3. The highest BCUT2D eigenvalue weighted by molar-refractivity contribution is 5.81. The van der Waals surface area contributed by atoms with Crippen LogP contribution in [0.3, 0.4) is 0 Å². The van der Waals surface area contributed by atoms with Crippen molar-refractivity contribution in [3.8, 4) is 5.75 Å². The molecule has 0 aromatic carbocycles. The Bertz CT molecular complexity index is 426. The Morgan fingerprint density at radius 2 is 2.05 bits per heavy atom. The van der Waals surface area contributed by atoms with Crippen LogP contribution in [0.25, 0.3) is 0 Å². The number of pyridine rings is 1. The fraction of sp³-hybridized carbons (Fsp3) is 0.600. The summed E-state index contributed by atoms with van der Waals surface area (Å²) in [6.45, 7) is 7.40. The number of likely N-dealkylation sites (tertiary alicyclic amines) is 1. The number of carbonyl (C=O) groups excluding carboxylic acids is 1. The van der Waals surface area contributed by atoms with Gasteiger partial charge in [-0.15, -0.1) is 0 Å². The molecule has 1 saturated heterocycles. The van der Waals surface area contributed by atoms with Crippen LogP contribution in [0.5, 0.6) is 5.75 Å². The number of hydrogen-bond acceptors (Lipinski definition) is 3. The van der Waals surface area contributed by atoms with Gasteiger partial charge in [0, 0.05) is 24.4 Å². The van der Waals surface area contributed by atoms with Gasteiger partial charge in [0.2, 0.25) is 5.91 Å². The van der Waals surface area contributed by atoms with Crippen molar-refractivity contribution in [1.82, 2.24) is 9.88 Å². The van der Waals surface area contributed by atoms with Gasteiger partial charge in [-0.3, -0.25) is 9.78 Å². The van der Waals surface area contributed by atoms with Gasteiger partial charge < -0.3 is 9.64 Å². The van der Waals surface area contributed by atoms with Gasteiger partial charge in [-0.1, -0.05) is 20.8 Å². The van der Waals surface area contributed by atoms with E-state index in [-0.39, 0.29) is 17.4 Å². The Hall–Kier alpha value is -1.58. The molecule has 104 valence electrons. The maximum Gasteiger partial charge on any atom is 0.228 e. The van der Waals surface area contributed by atoms with E-state index in [9.17, 15) is 4.79 Å². The van der Waals surface area contributed by atoms with E-state index in [1.54, 1.807) is 12.4 Å². The Labute approximate surface area is 114 Å². The molecule has 1 fully saturated rings. The summed E-state index contributed by atoms with van der Waals surface area (Å²) >= 11 is 0. The molecule has 2 rings (SSSR count). The first kappa shape index (κ1) is 13.8. The zero-order valence-electron chi connectivity index (χ0n) is 11.9. The van der Waals surface area contributed by atoms with Gasteiger partial charge in [0.15, 0.2) is 0 Å². The SMILES string of the molecule is CC(C)(C)C(=O)N1CCC[C@H](Oc2ccncc2)C1. The normalized spacial score (nSPS) is 20.2. The molecule has 1 atom stereocenters. The molecular weight excluding hydrogens is 240 g/mol. The Morgan fingerprint density at radius 3 is 2.68 bits per heavy atom. The standard InChI is InChI=1S/C15H22N2O2/c1-15(2,3)14(18)17-10-4-5-13(11-17)19-12-6-8-16-9-7-12/h6-9,13H,4-5,10-11H2,1-3H3/t13-/m0/s1. The van der Waals surface area contributed by atoms with Crippen LogP contribution < -0.4 is 4.74 Å². The lowest BCUT2D eigenvalue weighted by atomic mass is 9.93. The van der Waals surface area contributed by atoms with Crippen molar-refractivity contribution >= 4 is 5.91 Å². The Balaban J connectivity index is 1.96. The summed E-state index contributed by atoms with van der Waals surface area (Å²) < 4.78 is 5.91. The number of nitrogens with zero attached hydrogens (tertiary/aromatic N) is 2. The molecule has 0 radical (unpaired) electrons. The number of piperidine rings is 1. The number of ether oxygens (including phenoxy) is 1. The van der Waals surface area contributed by atoms with Gasteiger partial charge >= 0.3 is 0 Å². The molecule has 4 nitrogen and oxygen atoms in total. The van der Waals surface area contributed by atoms with Crippen LogP contribution in [0.1, 0.15) is 33.6 Å². The first-order valence-corrected chi connectivity index (χ1v) is 6.83. The summed E-state index contributed by atoms with van der Waals surface area (Å²) in [7, 11) is 0. The van der Waals surface area contributed by atoms with Crippen molar-refractivity contribution < 1.29 is 9.53 Å². The first-order chi connectivity index (χ1) is 8.97. The maximum atomic E-state index is 12.3. The van der Waals surface area contributed by atoms with E-state index in [0.717, 1.165) is 25.1 Å². The smallest absolute Gasteiger partial charge is 0.228 e. The molecule has 1 aliphatic rings. The van der Waals surface area contributed by atoms with E-state index in [2.05, 4.69) is 4.98 Å². The van der Waals surface area contributed by atoms with Gasteiger partial charge in [-0.25, -0.2) is 0 Å². The highest BCUT2D eigenvalue weighted by Gasteiger charge is 2.31. The molecule has 0 N–H and O–H groups in total. The third-order valence-corrected chi connectivity index (χ3v) is 3.26. The van der Waals surface area contributed by atoms with Crippen molar-refractivity contribution in [3.05, 3.63) is 24.5 Å². The monoisotopic (exact) mass is 262 g/mol. The topological polar surface area (TPSA) is 42.4 Å². The second kappa shape index (κ2) is 5.59. The lowest BCUT2D eigenvalue weighted by Crippen LogP contribution is -2.48. The fourth-order valence-corrected chi connectivity index (χ4v) is 2.30. The van der Waals surface area contributed by atoms with Crippen LogP contribution >= 0.6 is 0 Å². The average molecular weight is 262 g/mol. The average Bonchev–Trinajstić information content (AvgIpc) is 2.38. The minimum atomic E-state index is -0.321. The molecule has 1 amide bonds. The summed E-state index contributed by atoms with van der Waals surface area (Å²) in [5.74, 6) is 1.03. The second-order valence-electron chi connectivity index (χ2n) is 6.07. The van der Waals surface area contributed by atoms with Gasteiger partial charge in [0.05, 0.1) is 6.54 Å². The number of carbonyl (C=O) groups is 1. The molecule has 0 unspecified atom stereocenters. The predicted molar refractivity (Wildman–Crippen MR) is 73.9 cm³/mol. The molecule has 0 saturated carbocycles. The van der Waals surface area contributed by atoms with Gasteiger partial charge in [0.25, 0.3) is 0 Å².